The van der Waals surface area contributed by atoms with Crippen molar-refractivity contribution in [3.63, 3.8) is 0 Å². The van der Waals surface area contributed by atoms with Gasteiger partial charge >= 0.3 is 5.97 Å². The number of imidazole rings is 1. The summed E-state index contributed by atoms with van der Waals surface area (Å²) >= 11 is 1.70. The second-order valence-electron chi connectivity index (χ2n) is 5.35. The van der Waals surface area contributed by atoms with E-state index in [1.807, 2.05) is 6.92 Å². The van der Waals surface area contributed by atoms with Crippen molar-refractivity contribution in [3.8, 4) is 0 Å². The SMILES string of the molecule is CC1(c2nc3cc(F)c(F)cc3n2CC(=O)O)CCCS1. The standard InChI is InChI=1S/C14H14F2N2O2S/c1-14(3-2-4-21-14)13-17-10-5-8(15)9(16)6-11(10)18(13)7-12(19)20/h5-6H,2-4,7H2,1H3,(H,19,20). The maximum absolute atomic E-state index is 13.5. The minimum atomic E-state index is -1.04. The fourth-order valence-corrected chi connectivity index (χ4v) is 4.09. The van der Waals surface area contributed by atoms with Crippen LogP contribution >= 0.6 is 11.8 Å². The highest BCUT2D eigenvalue weighted by molar-refractivity contribution is 8.00. The Morgan fingerprint density at radius 2 is 2.19 bits per heavy atom. The zero-order chi connectivity index (χ0) is 15.2. The second-order valence-corrected chi connectivity index (χ2v) is 6.95. The summed E-state index contributed by atoms with van der Waals surface area (Å²) in [6.45, 7) is 1.68. The molecule has 1 saturated heterocycles. The molecular formula is C14H14F2N2O2S. The highest BCUT2D eigenvalue weighted by Crippen LogP contribution is 2.46. The Hall–Kier alpha value is -1.63. The molecule has 1 aromatic heterocycles. The van der Waals surface area contributed by atoms with Crippen molar-refractivity contribution < 1.29 is 18.7 Å². The highest BCUT2D eigenvalue weighted by Gasteiger charge is 2.37. The van der Waals surface area contributed by atoms with Crippen molar-refractivity contribution in [2.75, 3.05) is 5.75 Å². The van der Waals surface area contributed by atoms with Gasteiger partial charge in [-0.05, 0) is 25.5 Å². The predicted octanol–water partition coefficient (Wildman–Crippen LogP) is 3.14. The Bertz CT molecular complexity index is 723. The number of nitrogens with zero attached hydrogens (tertiary/aromatic N) is 2. The van der Waals surface area contributed by atoms with Gasteiger partial charge in [0.25, 0.3) is 0 Å². The van der Waals surface area contributed by atoms with Crippen molar-refractivity contribution in [1.29, 1.82) is 0 Å². The van der Waals surface area contributed by atoms with Crippen LogP contribution in [0.25, 0.3) is 11.0 Å². The molecule has 7 heteroatoms. The van der Waals surface area contributed by atoms with E-state index in [0.29, 0.717) is 16.9 Å². The molecule has 1 aromatic carbocycles. The van der Waals surface area contributed by atoms with E-state index in [9.17, 15) is 13.6 Å². The van der Waals surface area contributed by atoms with Crippen molar-refractivity contribution in [1.82, 2.24) is 9.55 Å². The molecule has 2 heterocycles. The Kier molecular flexibility index (Phi) is 3.39. The first-order chi connectivity index (χ1) is 9.90. The smallest absolute Gasteiger partial charge is 0.323 e. The molecule has 1 atom stereocenters. The Morgan fingerprint density at radius 1 is 1.48 bits per heavy atom. The number of aliphatic carboxylic acids is 1. The number of rotatable bonds is 3. The summed E-state index contributed by atoms with van der Waals surface area (Å²) in [6.07, 6.45) is 1.88. The lowest BCUT2D eigenvalue weighted by Gasteiger charge is -2.22. The lowest BCUT2D eigenvalue weighted by Crippen LogP contribution is -2.22. The van der Waals surface area contributed by atoms with Crippen LogP contribution < -0.4 is 0 Å². The molecule has 21 heavy (non-hydrogen) atoms. The van der Waals surface area contributed by atoms with E-state index in [1.165, 1.54) is 4.57 Å². The summed E-state index contributed by atoms with van der Waals surface area (Å²) in [6, 6.07) is 2.04. The maximum Gasteiger partial charge on any atom is 0.323 e. The first kappa shape index (κ1) is 14.3. The third-order valence-corrected chi connectivity index (χ3v) is 5.29. The first-order valence-corrected chi connectivity index (χ1v) is 7.61. The lowest BCUT2D eigenvalue weighted by atomic mass is 10.0. The van der Waals surface area contributed by atoms with Gasteiger partial charge in [-0.1, -0.05) is 0 Å². The van der Waals surface area contributed by atoms with E-state index < -0.39 is 17.6 Å². The molecule has 1 fully saturated rings. The number of carboxylic acids is 1. The van der Waals surface area contributed by atoms with Crippen LogP contribution in [0.4, 0.5) is 8.78 Å². The molecule has 0 radical (unpaired) electrons. The average Bonchev–Trinajstić information content (AvgIpc) is 2.97. The average molecular weight is 312 g/mol. The van der Waals surface area contributed by atoms with Crippen LogP contribution in [-0.4, -0.2) is 26.4 Å². The zero-order valence-electron chi connectivity index (χ0n) is 11.4. The number of benzene rings is 1. The van der Waals surface area contributed by atoms with Gasteiger partial charge in [0.05, 0.1) is 15.8 Å². The molecule has 0 aliphatic carbocycles. The van der Waals surface area contributed by atoms with Gasteiger partial charge in [-0.15, -0.1) is 11.8 Å². The van der Waals surface area contributed by atoms with Gasteiger partial charge in [-0.3, -0.25) is 4.79 Å². The summed E-state index contributed by atoms with van der Waals surface area (Å²) < 4.78 is 28.0. The highest BCUT2D eigenvalue weighted by atomic mass is 32.2. The van der Waals surface area contributed by atoms with Crippen LogP contribution in [0.15, 0.2) is 12.1 Å². The molecule has 0 amide bonds. The number of halogens is 2. The van der Waals surface area contributed by atoms with E-state index in [1.54, 1.807) is 11.8 Å². The fourth-order valence-electron chi connectivity index (χ4n) is 2.77. The van der Waals surface area contributed by atoms with Crippen molar-refractivity contribution in [3.05, 3.63) is 29.6 Å². The largest absolute Gasteiger partial charge is 0.480 e. The van der Waals surface area contributed by atoms with Crippen LogP contribution in [0.5, 0.6) is 0 Å². The van der Waals surface area contributed by atoms with E-state index >= 15 is 0 Å². The van der Waals surface area contributed by atoms with Crippen molar-refractivity contribution >= 4 is 28.8 Å². The van der Waals surface area contributed by atoms with Crippen LogP contribution in [0.2, 0.25) is 0 Å². The fraction of sp³-hybridized carbons (Fsp3) is 0.429. The molecule has 0 saturated carbocycles. The molecule has 0 spiro atoms. The van der Waals surface area contributed by atoms with Gasteiger partial charge in [0.1, 0.15) is 12.4 Å². The predicted molar refractivity (Wildman–Crippen MR) is 76.3 cm³/mol. The topological polar surface area (TPSA) is 55.1 Å². The molecule has 1 aliphatic heterocycles. The van der Waals surface area contributed by atoms with Crippen LogP contribution in [0.1, 0.15) is 25.6 Å². The van der Waals surface area contributed by atoms with E-state index in [2.05, 4.69) is 4.98 Å². The molecule has 1 N–H and O–H groups in total. The van der Waals surface area contributed by atoms with E-state index in [0.717, 1.165) is 30.7 Å². The van der Waals surface area contributed by atoms with Crippen molar-refractivity contribution in [2.24, 2.45) is 0 Å². The molecule has 0 bridgehead atoms. The third kappa shape index (κ3) is 2.39. The number of thioether (sulfide) groups is 1. The van der Waals surface area contributed by atoms with Gasteiger partial charge in [0.15, 0.2) is 11.6 Å². The van der Waals surface area contributed by atoms with Crippen LogP contribution in [0.3, 0.4) is 0 Å². The Labute approximate surface area is 124 Å². The van der Waals surface area contributed by atoms with Crippen LogP contribution in [0, 0.1) is 11.6 Å². The Balaban J connectivity index is 2.24. The lowest BCUT2D eigenvalue weighted by molar-refractivity contribution is -0.137. The molecular weight excluding hydrogens is 298 g/mol. The van der Waals surface area contributed by atoms with Gasteiger partial charge in [0, 0.05) is 12.1 Å². The summed E-state index contributed by atoms with van der Waals surface area (Å²) in [5, 5.41) is 9.10. The number of aromatic nitrogens is 2. The minimum Gasteiger partial charge on any atom is -0.480 e. The maximum atomic E-state index is 13.5. The minimum absolute atomic E-state index is 0.291. The van der Waals surface area contributed by atoms with E-state index in [-0.39, 0.29) is 11.3 Å². The molecule has 3 rings (SSSR count). The number of carboxylic acid groups (broad SMARTS) is 1. The normalized spacial score (nSPS) is 22.0. The summed E-state index contributed by atoms with van der Waals surface area (Å²) in [5.74, 6) is -1.46. The molecule has 1 aliphatic rings. The number of hydrogen-bond donors (Lipinski definition) is 1. The quantitative estimate of drug-likeness (QED) is 0.946. The van der Waals surface area contributed by atoms with Gasteiger partial charge in [-0.2, -0.15) is 0 Å². The molecule has 2 aromatic rings. The summed E-state index contributed by atoms with van der Waals surface area (Å²) in [5.41, 5.74) is 0.610. The van der Waals surface area contributed by atoms with Crippen molar-refractivity contribution in [2.45, 2.75) is 31.1 Å². The monoisotopic (exact) mass is 312 g/mol. The zero-order valence-corrected chi connectivity index (χ0v) is 12.2. The molecule has 112 valence electrons. The molecule has 4 nitrogen and oxygen atoms in total. The first-order valence-electron chi connectivity index (χ1n) is 6.62. The van der Waals surface area contributed by atoms with Gasteiger partial charge in [0.2, 0.25) is 0 Å². The van der Waals surface area contributed by atoms with Gasteiger partial charge < -0.3 is 9.67 Å². The second kappa shape index (κ2) is 4.98. The summed E-state index contributed by atoms with van der Waals surface area (Å²) in [4.78, 5) is 15.5. The summed E-state index contributed by atoms with van der Waals surface area (Å²) in [7, 11) is 0. The van der Waals surface area contributed by atoms with Gasteiger partial charge in [-0.25, -0.2) is 13.8 Å². The number of fused-ring (bicyclic) bond motifs is 1. The molecule has 1 unspecified atom stereocenters. The Morgan fingerprint density at radius 3 is 2.81 bits per heavy atom. The number of carbonyl (C=O) groups is 1. The van der Waals surface area contributed by atoms with Crippen LogP contribution in [-0.2, 0) is 16.1 Å². The number of hydrogen-bond acceptors (Lipinski definition) is 3. The third-order valence-electron chi connectivity index (χ3n) is 3.78. The van der Waals surface area contributed by atoms with E-state index in [4.69, 9.17) is 5.11 Å².